The van der Waals surface area contributed by atoms with E-state index in [0.29, 0.717) is 6.42 Å². The normalized spacial score (nSPS) is 17.0. The zero-order chi connectivity index (χ0) is 19.5. The Kier molecular flexibility index (Phi) is 10.1. The van der Waals surface area contributed by atoms with Crippen LogP contribution in [0.2, 0.25) is 0 Å². The van der Waals surface area contributed by atoms with Gasteiger partial charge < -0.3 is 20.4 Å². The summed E-state index contributed by atoms with van der Waals surface area (Å²) in [6, 6.07) is 5.24. The Morgan fingerprint density at radius 2 is 1.93 bits per heavy atom. The van der Waals surface area contributed by atoms with Gasteiger partial charge in [-0.2, -0.15) is 0 Å². The molecule has 0 radical (unpaired) electrons. The average molecular weight is 442 g/mol. The van der Waals surface area contributed by atoms with Crippen molar-refractivity contribution in [1.82, 2.24) is 20.4 Å². The molecule has 7 heteroatoms. The van der Waals surface area contributed by atoms with Gasteiger partial charge in [-0.05, 0) is 70.1 Å². The number of benzene rings is 1. The zero-order valence-corrected chi connectivity index (χ0v) is 18.2. The van der Waals surface area contributed by atoms with Gasteiger partial charge in [0.2, 0.25) is 0 Å². The highest BCUT2D eigenvalue weighted by atomic mass is 79.9. The summed E-state index contributed by atoms with van der Waals surface area (Å²) in [5.74, 6) is 0.675. The molecular formula is C20H33BrFN5. The summed E-state index contributed by atoms with van der Waals surface area (Å²) >= 11 is 3.29. The number of aliphatic imine (C=N–C) groups is 1. The van der Waals surface area contributed by atoms with Crippen molar-refractivity contribution < 1.29 is 4.39 Å². The fourth-order valence-corrected chi connectivity index (χ4v) is 3.60. The molecule has 2 rings (SSSR count). The fourth-order valence-electron chi connectivity index (χ4n) is 3.26. The third-order valence-electron chi connectivity index (χ3n) is 4.91. The van der Waals surface area contributed by atoms with Gasteiger partial charge in [0.05, 0.1) is 0 Å². The molecule has 5 nitrogen and oxygen atoms in total. The first-order valence-corrected chi connectivity index (χ1v) is 10.7. The first kappa shape index (κ1) is 22.1. The average Bonchev–Trinajstić information content (AvgIpc) is 2.86. The van der Waals surface area contributed by atoms with Crippen LogP contribution in [0.5, 0.6) is 0 Å². The van der Waals surface area contributed by atoms with Gasteiger partial charge in [0.15, 0.2) is 5.96 Å². The van der Waals surface area contributed by atoms with Gasteiger partial charge in [-0.25, -0.2) is 4.39 Å². The number of hydrogen-bond acceptors (Lipinski definition) is 3. The zero-order valence-electron chi connectivity index (χ0n) is 16.6. The highest BCUT2D eigenvalue weighted by Crippen LogP contribution is 2.16. The SMILES string of the molecule is CN=C(NCCCc1ccc(Br)cc1F)NCCCN1CCCN(C)CC1. The highest BCUT2D eigenvalue weighted by Gasteiger charge is 2.11. The van der Waals surface area contributed by atoms with Crippen LogP contribution in [0.25, 0.3) is 0 Å². The summed E-state index contributed by atoms with van der Waals surface area (Å²) in [5, 5.41) is 6.68. The summed E-state index contributed by atoms with van der Waals surface area (Å²) in [6.45, 7) is 7.53. The Bertz CT molecular complexity index is 596. The van der Waals surface area contributed by atoms with Crippen molar-refractivity contribution in [3.63, 3.8) is 0 Å². The van der Waals surface area contributed by atoms with E-state index in [4.69, 9.17) is 0 Å². The van der Waals surface area contributed by atoms with Crippen LogP contribution in [0.15, 0.2) is 27.7 Å². The van der Waals surface area contributed by atoms with Crippen molar-refractivity contribution in [1.29, 1.82) is 0 Å². The smallest absolute Gasteiger partial charge is 0.190 e. The topological polar surface area (TPSA) is 42.9 Å². The molecule has 0 unspecified atom stereocenters. The lowest BCUT2D eigenvalue weighted by Crippen LogP contribution is -2.39. The molecule has 1 aromatic carbocycles. The fraction of sp³-hybridized carbons (Fsp3) is 0.650. The second-order valence-electron chi connectivity index (χ2n) is 7.12. The van der Waals surface area contributed by atoms with Crippen LogP contribution in [0, 0.1) is 5.82 Å². The molecule has 0 bridgehead atoms. The standard InChI is InChI=1S/C20H33BrFN5/c1-23-20(24-9-3-6-17-7-8-18(21)16-19(17)22)25-10-4-12-27-13-5-11-26(2)14-15-27/h7-8,16H,3-6,9-15H2,1-2H3,(H2,23,24,25). The van der Waals surface area contributed by atoms with Crippen molar-refractivity contribution in [2.45, 2.75) is 25.7 Å². The molecule has 0 spiro atoms. The number of nitrogens with one attached hydrogen (secondary N) is 2. The Balaban J connectivity index is 1.57. The van der Waals surface area contributed by atoms with E-state index in [1.807, 2.05) is 12.1 Å². The lowest BCUT2D eigenvalue weighted by Gasteiger charge is -2.20. The third kappa shape index (κ3) is 8.58. The first-order valence-electron chi connectivity index (χ1n) is 9.88. The number of aryl methyl sites for hydroxylation is 1. The van der Waals surface area contributed by atoms with Gasteiger partial charge in [0, 0.05) is 37.7 Å². The number of hydrogen-bond donors (Lipinski definition) is 2. The van der Waals surface area contributed by atoms with Crippen molar-refractivity contribution in [3.05, 3.63) is 34.1 Å². The van der Waals surface area contributed by atoms with Crippen molar-refractivity contribution in [2.24, 2.45) is 4.99 Å². The van der Waals surface area contributed by atoms with E-state index in [-0.39, 0.29) is 5.82 Å². The lowest BCUT2D eigenvalue weighted by molar-refractivity contribution is 0.274. The number of guanidine groups is 1. The van der Waals surface area contributed by atoms with Gasteiger partial charge in [0.1, 0.15) is 5.82 Å². The molecule has 1 aromatic rings. The predicted molar refractivity (Wildman–Crippen MR) is 115 cm³/mol. The van der Waals surface area contributed by atoms with E-state index in [2.05, 4.69) is 48.4 Å². The minimum atomic E-state index is -0.147. The molecule has 0 aromatic heterocycles. The quantitative estimate of drug-likeness (QED) is 0.369. The van der Waals surface area contributed by atoms with Crippen LogP contribution in [0.4, 0.5) is 4.39 Å². The molecule has 1 fully saturated rings. The summed E-state index contributed by atoms with van der Waals surface area (Å²) in [7, 11) is 3.99. The first-order chi connectivity index (χ1) is 13.1. The van der Waals surface area contributed by atoms with Crippen molar-refractivity contribution in [2.75, 3.05) is 59.9 Å². The summed E-state index contributed by atoms with van der Waals surface area (Å²) < 4.78 is 14.6. The van der Waals surface area contributed by atoms with E-state index in [9.17, 15) is 4.39 Å². The maximum absolute atomic E-state index is 13.8. The van der Waals surface area contributed by atoms with Crippen LogP contribution in [-0.4, -0.2) is 75.7 Å². The van der Waals surface area contributed by atoms with Gasteiger partial charge in [-0.1, -0.05) is 22.0 Å². The van der Waals surface area contributed by atoms with Crippen molar-refractivity contribution in [3.8, 4) is 0 Å². The molecule has 1 heterocycles. The van der Waals surface area contributed by atoms with E-state index >= 15 is 0 Å². The molecule has 0 aliphatic carbocycles. The Morgan fingerprint density at radius 3 is 2.67 bits per heavy atom. The van der Waals surface area contributed by atoms with Gasteiger partial charge in [0.25, 0.3) is 0 Å². The number of halogens is 2. The van der Waals surface area contributed by atoms with E-state index in [1.165, 1.54) is 25.6 Å². The molecular weight excluding hydrogens is 409 g/mol. The second-order valence-corrected chi connectivity index (χ2v) is 8.03. The van der Waals surface area contributed by atoms with E-state index in [1.54, 1.807) is 7.05 Å². The largest absolute Gasteiger partial charge is 0.356 e. The molecule has 0 saturated carbocycles. The van der Waals surface area contributed by atoms with Gasteiger partial charge in [-0.3, -0.25) is 4.99 Å². The van der Waals surface area contributed by atoms with Crippen LogP contribution in [0.1, 0.15) is 24.8 Å². The summed E-state index contributed by atoms with van der Waals surface area (Å²) in [4.78, 5) is 9.22. The van der Waals surface area contributed by atoms with Crippen LogP contribution < -0.4 is 10.6 Å². The van der Waals surface area contributed by atoms with E-state index < -0.39 is 0 Å². The molecule has 0 amide bonds. The molecule has 1 aliphatic heterocycles. The Hall–Kier alpha value is -1.18. The molecule has 27 heavy (non-hydrogen) atoms. The van der Waals surface area contributed by atoms with E-state index in [0.717, 1.165) is 61.6 Å². The molecule has 1 aliphatic rings. The van der Waals surface area contributed by atoms with Crippen LogP contribution in [-0.2, 0) is 6.42 Å². The minimum Gasteiger partial charge on any atom is -0.356 e. The van der Waals surface area contributed by atoms with Crippen molar-refractivity contribution >= 4 is 21.9 Å². The Labute approximate surface area is 171 Å². The van der Waals surface area contributed by atoms with Gasteiger partial charge >= 0.3 is 0 Å². The van der Waals surface area contributed by atoms with Crippen LogP contribution in [0.3, 0.4) is 0 Å². The summed E-state index contributed by atoms with van der Waals surface area (Å²) in [6.07, 6.45) is 3.94. The maximum atomic E-state index is 13.8. The number of likely N-dealkylation sites (N-methyl/N-ethyl adjacent to an activating group) is 1. The second kappa shape index (κ2) is 12.3. The third-order valence-corrected chi connectivity index (χ3v) is 5.40. The van der Waals surface area contributed by atoms with Crippen LogP contribution >= 0.6 is 15.9 Å². The lowest BCUT2D eigenvalue weighted by atomic mass is 10.1. The highest BCUT2D eigenvalue weighted by molar-refractivity contribution is 9.10. The van der Waals surface area contributed by atoms with Gasteiger partial charge in [-0.15, -0.1) is 0 Å². The summed E-state index contributed by atoms with van der Waals surface area (Å²) in [5.41, 5.74) is 0.756. The molecule has 152 valence electrons. The monoisotopic (exact) mass is 441 g/mol. The minimum absolute atomic E-state index is 0.147. The molecule has 0 atom stereocenters. The number of nitrogens with zero attached hydrogens (tertiary/aromatic N) is 3. The molecule has 1 saturated heterocycles. The maximum Gasteiger partial charge on any atom is 0.190 e. The Morgan fingerprint density at radius 1 is 1.15 bits per heavy atom. The number of rotatable bonds is 8. The molecule has 2 N–H and O–H groups in total. The predicted octanol–water partition coefficient (Wildman–Crippen LogP) is 2.71.